The molecule has 0 spiro atoms. The lowest BCUT2D eigenvalue weighted by atomic mass is 10.2. The molecule has 0 aliphatic carbocycles. The number of amides is 2. The molecule has 2 amide bonds. The van der Waals surface area contributed by atoms with E-state index in [0.29, 0.717) is 36.1 Å². The molecule has 3 aromatic rings. The number of carbonyl (C=O) groups excluding carboxylic acids is 2. The van der Waals surface area contributed by atoms with Crippen LogP contribution in [0.15, 0.2) is 60.0 Å². The number of nitrogens with zero attached hydrogens (tertiary/aromatic N) is 4. The van der Waals surface area contributed by atoms with E-state index in [1.807, 2.05) is 73.6 Å². The average molecular weight is 451 g/mol. The Morgan fingerprint density at radius 1 is 1.09 bits per heavy atom. The number of hydrogen-bond acceptors (Lipinski definition) is 6. The molecule has 7 nitrogen and oxygen atoms in total. The van der Waals surface area contributed by atoms with Crippen LogP contribution in [0, 0.1) is 0 Å². The van der Waals surface area contributed by atoms with Crippen molar-refractivity contribution in [1.29, 1.82) is 0 Å². The largest absolute Gasteiger partial charge is 0.482 e. The van der Waals surface area contributed by atoms with Crippen LogP contribution in [-0.4, -0.2) is 60.4 Å². The zero-order valence-corrected chi connectivity index (χ0v) is 19.0. The molecule has 2 heterocycles. The lowest BCUT2D eigenvalue weighted by Gasteiger charge is -2.28. The van der Waals surface area contributed by atoms with E-state index < -0.39 is 0 Å². The van der Waals surface area contributed by atoms with Crippen LogP contribution in [0.2, 0.25) is 0 Å². The number of benzene rings is 2. The summed E-state index contributed by atoms with van der Waals surface area (Å²) >= 11 is 1.39. The highest BCUT2D eigenvalue weighted by atomic mass is 32.1. The van der Waals surface area contributed by atoms with Gasteiger partial charge in [-0.25, -0.2) is 4.98 Å². The lowest BCUT2D eigenvalue weighted by molar-refractivity contribution is -0.121. The van der Waals surface area contributed by atoms with E-state index in [9.17, 15) is 9.59 Å². The molecule has 32 heavy (non-hydrogen) atoms. The summed E-state index contributed by atoms with van der Waals surface area (Å²) < 4.78 is 5.51. The predicted molar refractivity (Wildman–Crippen MR) is 125 cm³/mol. The van der Waals surface area contributed by atoms with Gasteiger partial charge in [0.2, 0.25) is 0 Å². The molecule has 1 aromatic heterocycles. The molecule has 0 saturated carbocycles. The first-order chi connectivity index (χ1) is 15.5. The summed E-state index contributed by atoms with van der Waals surface area (Å²) in [6.07, 6.45) is 0. The minimum atomic E-state index is -0.122. The van der Waals surface area contributed by atoms with E-state index in [0.717, 1.165) is 17.8 Å². The zero-order chi connectivity index (χ0) is 22.5. The summed E-state index contributed by atoms with van der Waals surface area (Å²) in [6, 6.07) is 17.4. The average Bonchev–Trinajstić information content (AvgIpc) is 3.27. The number of hydrogen-bond donors (Lipinski definition) is 0. The molecule has 0 bridgehead atoms. The number of ether oxygens (including phenoxy) is 1. The first-order valence-corrected chi connectivity index (χ1v) is 11.3. The minimum Gasteiger partial charge on any atom is -0.482 e. The Balaban J connectivity index is 1.50. The Morgan fingerprint density at radius 2 is 1.84 bits per heavy atom. The second kappa shape index (κ2) is 9.93. The highest BCUT2D eigenvalue weighted by molar-refractivity contribution is 7.09. The molecule has 4 rings (SSSR count). The predicted octanol–water partition coefficient (Wildman–Crippen LogP) is 3.27. The van der Waals surface area contributed by atoms with E-state index in [1.165, 1.54) is 11.3 Å². The Labute approximate surface area is 191 Å². The standard InChI is InChI=1S/C24H26N4O3S/c1-26(2)12-13-27(14-18-8-4-3-5-9-18)24(30)19-17-32-22(25-19)15-28-20-10-6-7-11-21(20)31-16-23(28)29/h3-11,17H,12-16H2,1-2H3. The van der Waals surface area contributed by atoms with Gasteiger partial charge in [-0.1, -0.05) is 42.5 Å². The summed E-state index contributed by atoms with van der Waals surface area (Å²) in [5, 5.41) is 2.49. The first kappa shape index (κ1) is 22.0. The molecule has 0 atom stereocenters. The van der Waals surface area contributed by atoms with Crippen LogP contribution in [0.3, 0.4) is 0 Å². The number of likely N-dealkylation sites (N-methyl/N-ethyl adjacent to an activating group) is 1. The van der Waals surface area contributed by atoms with Crippen LogP contribution >= 0.6 is 11.3 Å². The fourth-order valence-electron chi connectivity index (χ4n) is 3.48. The van der Waals surface area contributed by atoms with Gasteiger partial charge in [-0.05, 0) is 31.8 Å². The van der Waals surface area contributed by atoms with Gasteiger partial charge in [0.15, 0.2) is 6.61 Å². The van der Waals surface area contributed by atoms with Crippen molar-refractivity contribution in [2.45, 2.75) is 13.1 Å². The number of aromatic nitrogens is 1. The smallest absolute Gasteiger partial charge is 0.273 e. The van der Waals surface area contributed by atoms with E-state index in [4.69, 9.17) is 4.74 Å². The maximum atomic E-state index is 13.3. The number of thiazole rings is 1. The zero-order valence-electron chi connectivity index (χ0n) is 18.2. The monoisotopic (exact) mass is 450 g/mol. The second-order valence-electron chi connectivity index (χ2n) is 7.88. The Bertz CT molecular complexity index is 1080. The van der Waals surface area contributed by atoms with Gasteiger partial charge in [0, 0.05) is 25.0 Å². The third-order valence-electron chi connectivity index (χ3n) is 5.19. The van der Waals surface area contributed by atoms with Gasteiger partial charge < -0.3 is 14.5 Å². The van der Waals surface area contributed by atoms with Gasteiger partial charge in [0.25, 0.3) is 11.8 Å². The van der Waals surface area contributed by atoms with Crippen molar-refractivity contribution in [1.82, 2.24) is 14.8 Å². The summed E-state index contributed by atoms with van der Waals surface area (Å²) in [5.41, 5.74) is 2.21. The summed E-state index contributed by atoms with van der Waals surface area (Å²) in [6.45, 7) is 2.20. The van der Waals surface area contributed by atoms with Crippen molar-refractivity contribution in [3.05, 3.63) is 76.2 Å². The number of anilines is 1. The number of fused-ring (bicyclic) bond motifs is 1. The third-order valence-corrected chi connectivity index (χ3v) is 6.03. The molecule has 0 radical (unpaired) electrons. The summed E-state index contributed by atoms with van der Waals surface area (Å²) in [7, 11) is 3.98. The van der Waals surface area contributed by atoms with Crippen LogP contribution in [0.5, 0.6) is 5.75 Å². The number of para-hydroxylation sites is 2. The van der Waals surface area contributed by atoms with Gasteiger partial charge in [0.05, 0.1) is 12.2 Å². The minimum absolute atomic E-state index is 0.00354. The van der Waals surface area contributed by atoms with Crippen molar-refractivity contribution in [2.75, 3.05) is 38.7 Å². The topological polar surface area (TPSA) is 66.0 Å². The Hall–Kier alpha value is -3.23. The summed E-state index contributed by atoms with van der Waals surface area (Å²) in [5.74, 6) is 0.452. The Kier molecular flexibility index (Phi) is 6.82. The Morgan fingerprint density at radius 3 is 2.62 bits per heavy atom. The summed E-state index contributed by atoms with van der Waals surface area (Å²) in [4.78, 5) is 35.9. The van der Waals surface area contributed by atoms with Crippen LogP contribution in [0.4, 0.5) is 5.69 Å². The van der Waals surface area contributed by atoms with Crippen molar-refractivity contribution in [3.8, 4) is 5.75 Å². The van der Waals surface area contributed by atoms with Crippen LogP contribution in [0.25, 0.3) is 0 Å². The van der Waals surface area contributed by atoms with Crippen molar-refractivity contribution < 1.29 is 14.3 Å². The molecule has 2 aromatic carbocycles. The second-order valence-corrected chi connectivity index (χ2v) is 8.82. The van der Waals surface area contributed by atoms with Crippen LogP contribution in [-0.2, 0) is 17.9 Å². The molecule has 0 saturated heterocycles. The quantitative estimate of drug-likeness (QED) is 0.527. The first-order valence-electron chi connectivity index (χ1n) is 10.5. The fourth-order valence-corrected chi connectivity index (χ4v) is 4.24. The van der Waals surface area contributed by atoms with E-state index in [-0.39, 0.29) is 18.4 Å². The highest BCUT2D eigenvalue weighted by Crippen LogP contribution is 2.33. The van der Waals surface area contributed by atoms with Crippen molar-refractivity contribution >= 4 is 28.8 Å². The maximum absolute atomic E-state index is 13.3. The van der Waals surface area contributed by atoms with Gasteiger partial charge in [-0.3, -0.25) is 14.5 Å². The molecule has 0 unspecified atom stereocenters. The molecule has 1 aliphatic heterocycles. The highest BCUT2D eigenvalue weighted by Gasteiger charge is 2.27. The molecule has 8 heteroatoms. The van der Waals surface area contributed by atoms with Gasteiger partial charge in [-0.15, -0.1) is 11.3 Å². The fraction of sp³-hybridized carbons (Fsp3) is 0.292. The van der Waals surface area contributed by atoms with Crippen molar-refractivity contribution in [3.63, 3.8) is 0 Å². The number of rotatable bonds is 8. The molecule has 0 N–H and O–H groups in total. The molecular weight excluding hydrogens is 424 g/mol. The SMILES string of the molecule is CN(C)CCN(Cc1ccccc1)C(=O)c1csc(CN2C(=O)COc3ccccc32)n1. The molecule has 166 valence electrons. The molecule has 0 fully saturated rings. The van der Waals surface area contributed by atoms with E-state index in [1.54, 1.807) is 10.3 Å². The van der Waals surface area contributed by atoms with Gasteiger partial charge >= 0.3 is 0 Å². The van der Waals surface area contributed by atoms with Gasteiger partial charge in [-0.2, -0.15) is 0 Å². The third kappa shape index (κ3) is 5.15. The normalized spacial score (nSPS) is 13.1. The van der Waals surface area contributed by atoms with Gasteiger partial charge in [0.1, 0.15) is 16.5 Å². The van der Waals surface area contributed by atoms with Crippen LogP contribution in [0.1, 0.15) is 21.1 Å². The number of carbonyl (C=O) groups is 2. The van der Waals surface area contributed by atoms with E-state index >= 15 is 0 Å². The van der Waals surface area contributed by atoms with Crippen molar-refractivity contribution in [2.24, 2.45) is 0 Å². The molecular formula is C24H26N4O3S. The van der Waals surface area contributed by atoms with E-state index in [2.05, 4.69) is 9.88 Å². The molecule has 1 aliphatic rings. The lowest BCUT2D eigenvalue weighted by Crippen LogP contribution is -2.38. The maximum Gasteiger partial charge on any atom is 0.273 e. The van der Waals surface area contributed by atoms with Crippen LogP contribution < -0.4 is 9.64 Å².